The number of hydrogen-bond donors (Lipinski definition) is 1. The van der Waals surface area contributed by atoms with Crippen molar-refractivity contribution in [2.45, 2.75) is 20.1 Å². The molecule has 0 amide bonds. The van der Waals surface area contributed by atoms with E-state index in [1.54, 1.807) is 14.2 Å². The highest BCUT2D eigenvalue weighted by Gasteiger charge is 2.01. The molecule has 0 aliphatic carbocycles. The average Bonchev–Trinajstić information content (AvgIpc) is 2.24. The number of nitrogens with one attached hydrogen (secondary N) is 1. The molecule has 0 atom stereocenters. The van der Waals surface area contributed by atoms with Crippen molar-refractivity contribution in [3.8, 4) is 0 Å². The molecule has 0 aliphatic heterocycles. The Morgan fingerprint density at radius 2 is 2.06 bits per heavy atom. The highest BCUT2D eigenvalue weighted by atomic mass is 16.5. The molecule has 1 heterocycles. The summed E-state index contributed by atoms with van der Waals surface area (Å²) in [6.45, 7) is 4.66. The summed E-state index contributed by atoms with van der Waals surface area (Å²) < 4.78 is 9.97. The Kier molecular flexibility index (Phi) is 5.92. The first kappa shape index (κ1) is 13.0. The van der Waals surface area contributed by atoms with E-state index in [1.807, 2.05) is 13.0 Å². The summed E-state index contributed by atoms with van der Waals surface area (Å²) >= 11 is 0. The summed E-state index contributed by atoms with van der Waals surface area (Å²) in [7, 11) is 3.33. The molecule has 0 fully saturated rings. The molecule has 16 heavy (non-hydrogen) atoms. The maximum atomic E-state index is 5.02. The standard InChI is InChI=1S/C11H19N3O2/c1-9-6-10(7-12-4-5-15-2)14-11(13-9)8-16-3/h6,12H,4-5,7-8H2,1-3H3. The lowest BCUT2D eigenvalue weighted by atomic mass is 10.3. The SMILES string of the molecule is COCCNCc1cc(C)nc(COC)n1. The van der Waals surface area contributed by atoms with Crippen molar-refractivity contribution in [3.05, 3.63) is 23.3 Å². The second kappa shape index (κ2) is 7.27. The van der Waals surface area contributed by atoms with Gasteiger partial charge >= 0.3 is 0 Å². The van der Waals surface area contributed by atoms with Crippen LogP contribution in [0.15, 0.2) is 6.07 Å². The minimum absolute atomic E-state index is 0.451. The van der Waals surface area contributed by atoms with E-state index in [0.29, 0.717) is 13.2 Å². The number of methoxy groups -OCH3 is 2. The summed E-state index contributed by atoms with van der Waals surface area (Å²) in [6, 6.07) is 1.97. The van der Waals surface area contributed by atoms with Gasteiger partial charge in [0.15, 0.2) is 5.82 Å². The molecular weight excluding hydrogens is 206 g/mol. The van der Waals surface area contributed by atoms with E-state index in [1.165, 1.54) is 0 Å². The number of rotatable bonds is 7. The Balaban J connectivity index is 2.51. The number of aryl methyl sites for hydroxylation is 1. The van der Waals surface area contributed by atoms with Gasteiger partial charge in [-0.15, -0.1) is 0 Å². The van der Waals surface area contributed by atoms with E-state index in [2.05, 4.69) is 15.3 Å². The van der Waals surface area contributed by atoms with E-state index in [0.717, 1.165) is 30.3 Å². The summed E-state index contributed by atoms with van der Waals surface area (Å²) in [5.74, 6) is 0.728. The van der Waals surface area contributed by atoms with Crippen LogP contribution in [0.5, 0.6) is 0 Å². The second-order valence-corrected chi connectivity index (χ2v) is 3.52. The predicted octanol–water partition coefficient (Wildman–Crippen LogP) is 0.667. The zero-order valence-corrected chi connectivity index (χ0v) is 10.1. The number of aromatic nitrogens is 2. The van der Waals surface area contributed by atoms with Crippen LogP contribution in [0.2, 0.25) is 0 Å². The van der Waals surface area contributed by atoms with Crippen LogP contribution in [-0.2, 0) is 22.6 Å². The molecule has 0 saturated carbocycles. The average molecular weight is 225 g/mol. The smallest absolute Gasteiger partial charge is 0.154 e. The van der Waals surface area contributed by atoms with Crippen molar-refractivity contribution < 1.29 is 9.47 Å². The molecule has 0 radical (unpaired) electrons. The quantitative estimate of drug-likeness (QED) is 0.691. The summed E-state index contributed by atoms with van der Waals surface area (Å²) in [4.78, 5) is 8.66. The van der Waals surface area contributed by atoms with Gasteiger partial charge in [0.1, 0.15) is 6.61 Å². The van der Waals surface area contributed by atoms with E-state index < -0.39 is 0 Å². The van der Waals surface area contributed by atoms with Gasteiger partial charge in [-0.1, -0.05) is 0 Å². The molecular formula is C11H19N3O2. The zero-order valence-electron chi connectivity index (χ0n) is 10.1. The lowest BCUT2D eigenvalue weighted by Crippen LogP contribution is -2.20. The number of hydrogen-bond acceptors (Lipinski definition) is 5. The van der Waals surface area contributed by atoms with Crippen molar-refractivity contribution in [2.75, 3.05) is 27.4 Å². The first-order chi connectivity index (χ1) is 7.76. The van der Waals surface area contributed by atoms with E-state index >= 15 is 0 Å². The molecule has 0 unspecified atom stereocenters. The van der Waals surface area contributed by atoms with Gasteiger partial charge in [0, 0.05) is 33.0 Å². The first-order valence-electron chi connectivity index (χ1n) is 5.28. The molecule has 1 N–H and O–H groups in total. The number of ether oxygens (including phenoxy) is 2. The van der Waals surface area contributed by atoms with Crippen LogP contribution in [-0.4, -0.2) is 37.3 Å². The van der Waals surface area contributed by atoms with Crippen LogP contribution in [0.3, 0.4) is 0 Å². The molecule has 0 saturated heterocycles. The third-order valence-corrected chi connectivity index (χ3v) is 2.02. The minimum Gasteiger partial charge on any atom is -0.383 e. The number of nitrogens with zero attached hydrogens (tertiary/aromatic N) is 2. The van der Waals surface area contributed by atoms with Crippen LogP contribution >= 0.6 is 0 Å². The van der Waals surface area contributed by atoms with Crippen molar-refractivity contribution in [1.29, 1.82) is 0 Å². The van der Waals surface area contributed by atoms with E-state index in [9.17, 15) is 0 Å². The predicted molar refractivity (Wildman–Crippen MR) is 61.1 cm³/mol. The van der Waals surface area contributed by atoms with Gasteiger partial charge in [-0.2, -0.15) is 0 Å². The monoisotopic (exact) mass is 225 g/mol. The zero-order chi connectivity index (χ0) is 11.8. The first-order valence-corrected chi connectivity index (χ1v) is 5.28. The van der Waals surface area contributed by atoms with Gasteiger partial charge in [-0.25, -0.2) is 9.97 Å². The van der Waals surface area contributed by atoms with Crippen molar-refractivity contribution in [1.82, 2.24) is 15.3 Å². The highest BCUT2D eigenvalue weighted by Crippen LogP contribution is 2.01. The molecule has 0 spiro atoms. The molecule has 1 rings (SSSR count). The van der Waals surface area contributed by atoms with Crippen LogP contribution in [0.4, 0.5) is 0 Å². The third kappa shape index (κ3) is 4.65. The molecule has 90 valence electrons. The van der Waals surface area contributed by atoms with Crippen LogP contribution in [0.1, 0.15) is 17.2 Å². The largest absolute Gasteiger partial charge is 0.383 e. The maximum absolute atomic E-state index is 5.02. The van der Waals surface area contributed by atoms with Crippen molar-refractivity contribution >= 4 is 0 Å². The fourth-order valence-electron chi connectivity index (χ4n) is 1.37. The van der Waals surface area contributed by atoms with Gasteiger partial charge in [0.25, 0.3) is 0 Å². The van der Waals surface area contributed by atoms with Gasteiger partial charge in [0.05, 0.1) is 12.3 Å². The van der Waals surface area contributed by atoms with Crippen molar-refractivity contribution in [2.24, 2.45) is 0 Å². The van der Waals surface area contributed by atoms with Gasteiger partial charge < -0.3 is 14.8 Å². The van der Waals surface area contributed by atoms with Gasteiger partial charge in [0.2, 0.25) is 0 Å². The normalized spacial score (nSPS) is 10.7. The summed E-state index contributed by atoms with van der Waals surface area (Å²) in [6.07, 6.45) is 0. The molecule has 5 nitrogen and oxygen atoms in total. The lowest BCUT2D eigenvalue weighted by molar-refractivity contribution is 0.177. The highest BCUT2D eigenvalue weighted by molar-refractivity contribution is 5.09. The van der Waals surface area contributed by atoms with E-state index in [-0.39, 0.29) is 0 Å². The Morgan fingerprint density at radius 1 is 1.25 bits per heavy atom. The van der Waals surface area contributed by atoms with Crippen LogP contribution in [0.25, 0.3) is 0 Å². The molecule has 0 aromatic carbocycles. The van der Waals surface area contributed by atoms with Gasteiger partial charge in [-0.3, -0.25) is 0 Å². The molecule has 1 aromatic heterocycles. The van der Waals surface area contributed by atoms with Gasteiger partial charge in [-0.05, 0) is 13.0 Å². The lowest BCUT2D eigenvalue weighted by Gasteiger charge is -2.06. The van der Waals surface area contributed by atoms with Crippen molar-refractivity contribution in [3.63, 3.8) is 0 Å². The maximum Gasteiger partial charge on any atom is 0.154 e. The minimum atomic E-state index is 0.451. The molecule has 5 heteroatoms. The van der Waals surface area contributed by atoms with Crippen LogP contribution in [0, 0.1) is 6.92 Å². The summed E-state index contributed by atoms with van der Waals surface area (Å²) in [5.41, 5.74) is 1.95. The topological polar surface area (TPSA) is 56.3 Å². The van der Waals surface area contributed by atoms with Crippen LogP contribution < -0.4 is 5.32 Å². The fraction of sp³-hybridized carbons (Fsp3) is 0.636. The molecule has 1 aromatic rings. The Bertz CT molecular complexity index is 318. The van der Waals surface area contributed by atoms with E-state index in [4.69, 9.17) is 9.47 Å². The molecule has 0 aliphatic rings. The summed E-state index contributed by atoms with van der Waals surface area (Å²) in [5, 5.41) is 3.24. The Hall–Kier alpha value is -1.04. The Labute approximate surface area is 96.2 Å². The second-order valence-electron chi connectivity index (χ2n) is 3.52. The third-order valence-electron chi connectivity index (χ3n) is 2.02. The Morgan fingerprint density at radius 3 is 2.75 bits per heavy atom. The fourth-order valence-corrected chi connectivity index (χ4v) is 1.37. The molecule has 0 bridgehead atoms.